The molecule has 2 amide bonds. The predicted octanol–water partition coefficient (Wildman–Crippen LogP) is 2.42. The number of piperidine rings is 1. The van der Waals surface area contributed by atoms with E-state index in [4.69, 9.17) is 10.3 Å². The fraction of sp³-hybridized carbons (Fsp3) is 0.762. The summed E-state index contributed by atoms with van der Waals surface area (Å²) in [7, 11) is 0. The summed E-state index contributed by atoms with van der Waals surface area (Å²) in [4.78, 5) is 27.6. The van der Waals surface area contributed by atoms with Gasteiger partial charge >= 0.3 is 0 Å². The van der Waals surface area contributed by atoms with E-state index in [1.165, 1.54) is 0 Å². The third kappa shape index (κ3) is 4.09. The van der Waals surface area contributed by atoms with Crippen molar-refractivity contribution >= 4 is 11.8 Å². The SMILES string of the molecule is C[C@@H]1CN(C(=O)[C@H]2CC[C@H](N)CC2)[C@H](C)C[C@@H]1NC(=O)c1cc(C2CC2)on1. The highest BCUT2D eigenvalue weighted by Gasteiger charge is 2.38. The van der Waals surface area contributed by atoms with E-state index in [2.05, 4.69) is 24.3 Å². The number of aromatic nitrogens is 1. The smallest absolute Gasteiger partial charge is 0.273 e. The molecule has 154 valence electrons. The molecule has 0 bridgehead atoms. The van der Waals surface area contributed by atoms with Gasteiger partial charge in [-0.05, 0) is 57.8 Å². The number of nitrogens with two attached hydrogens (primary N) is 1. The maximum atomic E-state index is 13.0. The van der Waals surface area contributed by atoms with E-state index >= 15 is 0 Å². The first-order valence-corrected chi connectivity index (χ1v) is 10.8. The third-order valence-electron chi connectivity index (χ3n) is 6.76. The molecule has 2 aliphatic carbocycles. The van der Waals surface area contributed by atoms with Gasteiger partial charge in [-0.1, -0.05) is 12.1 Å². The fourth-order valence-corrected chi connectivity index (χ4v) is 4.65. The van der Waals surface area contributed by atoms with Crippen LogP contribution in [0.25, 0.3) is 0 Å². The standard InChI is InChI=1S/C21H32N4O3/c1-12-11-25(21(27)15-5-7-16(22)8-6-15)13(2)9-17(12)23-20(26)18-10-19(28-24-18)14-3-4-14/h10,12-17H,3-9,11,22H2,1-2H3,(H,23,26)/t12-,13-,15-,16-,17+/m1/s1. The quantitative estimate of drug-likeness (QED) is 0.825. The number of hydrogen-bond donors (Lipinski definition) is 2. The average molecular weight is 389 g/mol. The number of amides is 2. The van der Waals surface area contributed by atoms with Gasteiger partial charge in [-0.15, -0.1) is 0 Å². The van der Waals surface area contributed by atoms with Crippen molar-refractivity contribution in [2.24, 2.45) is 17.6 Å². The van der Waals surface area contributed by atoms with E-state index < -0.39 is 0 Å². The Kier molecular flexibility index (Phi) is 5.45. The molecule has 1 aromatic heterocycles. The minimum atomic E-state index is -0.180. The van der Waals surface area contributed by atoms with Crippen LogP contribution in [-0.2, 0) is 4.79 Å². The van der Waals surface area contributed by atoms with E-state index in [0.717, 1.165) is 50.7 Å². The lowest BCUT2D eigenvalue weighted by Gasteiger charge is -2.43. The second kappa shape index (κ2) is 7.85. The molecule has 0 aromatic carbocycles. The summed E-state index contributed by atoms with van der Waals surface area (Å²) in [5.41, 5.74) is 6.34. The van der Waals surface area contributed by atoms with Crippen LogP contribution < -0.4 is 11.1 Å². The van der Waals surface area contributed by atoms with Gasteiger partial charge in [0, 0.05) is 42.6 Å². The zero-order valence-electron chi connectivity index (χ0n) is 16.9. The minimum Gasteiger partial charge on any atom is -0.360 e. The monoisotopic (exact) mass is 388 g/mol. The maximum absolute atomic E-state index is 13.0. The Balaban J connectivity index is 1.33. The second-order valence-corrected chi connectivity index (χ2v) is 9.13. The Hall–Kier alpha value is -1.89. The number of rotatable bonds is 4. The van der Waals surface area contributed by atoms with Crippen LogP contribution >= 0.6 is 0 Å². The summed E-state index contributed by atoms with van der Waals surface area (Å²) in [5, 5.41) is 7.05. The summed E-state index contributed by atoms with van der Waals surface area (Å²) in [5.74, 6) is 1.65. The van der Waals surface area contributed by atoms with Gasteiger partial charge in [0.25, 0.3) is 5.91 Å². The van der Waals surface area contributed by atoms with E-state index in [9.17, 15) is 9.59 Å². The number of nitrogens with zero attached hydrogens (tertiary/aromatic N) is 2. The lowest BCUT2D eigenvalue weighted by atomic mass is 9.83. The molecule has 2 heterocycles. The Morgan fingerprint density at radius 3 is 2.57 bits per heavy atom. The number of likely N-dealkylation sites (tertiary alicyclic amines) is 1. The molecule has 4 rings (SSSR count). The third-order valence-corrected chi connectivity index (χ3v) is 6.76. The van der Waals surface area contributed by atoms with Crippen molar-refractivity contribution in [3.63, 3.8) is 0 Å². The Labute approximate surface area is 166 Å². The topological polar surface area (TPSA) is 101 Å². The molecule has 3 atom stereocenters. The zero-order valence-corrected chi connectivity index (χ0v) is 16.9. The summed E-state index contributed by atoms with van der Waals surface area (Å²) in [6.07, 6.45) is 6.66. The molecule has 1 aliphatic heterocycles. The number of nitrogens with one attached hydrogen (secondary N) is 1. The van der Waals surface area contributed by atoms with Crippen molar-refractivity contribution in [3.8, 4) is 0 Å². The van der Waals surface area contributed by atoms with Crippen LogP contribution in [0, 0.1) is 11.8 Å². The molecule has 1 aromatic rings. The first-order chi connectivity index (χ1) is 13.4. The van der Waals surface area contributed by atoms with Crippen LogP contribution in [0.15, 0.2) is 10.6 Å². The highest BCUT2D eigenvalue weighted by molar-refractivity contribution is 5.92. The lowest BCUT2D eigenvalue weighted by molar-refractivity contribution is -0.141. The molecule has 3 fully saturated rings. The molecule has 7 heteroatoms. The molecule has 3 aliphatic rings. The molecule has 1 saturated heterocycles. The molecule has 0 spiro atoms. The highest BCUT2D eigenvalue weighted by Crippen LogP contribution is 2.40. The van der Waals surface area contributed by atoms with Gasteiger partial charge in [-0.2, -0.15) is 0 Å². The normalized spacial score (nSPS) is 33.5. The molecule has 0 radical (unpaired) electrons. The van der Waals surface area contributed by atoms with Gasteiger partial charge in [0.2, 0.25) is 5.91 Å². The summed E-state index contributed by atoms with van der Waals surface area (Å²) >= 11 is 0. The zero-order chi connectivity index (χ0) is 19.8. The van der Waals surface area contributed by atoms with Crippen molar-refractivity contribution < 1.29 is 14.1 Å². The van der Waals surface area contributed by atoms with Crippen molar-refractivity contribution in [1.82, 2.24) is 15.4 Å². The second-order valence-electron chi connectivity index (χ2n) is 9.13. The number of carbonyl (C=O) groups is 2. The van der Waals surface area contributed by atoms with Crippen LogP contribution in [0.3, 0.4) is 0 Å². The van der Waals surface area contributed by atoms with Crippen molar-refractivity contribution in [1.29, 1.82) is 0 Å². The lowest BCUT2D eigenvalue weighted by Crippen LogP contribution is -2.56. The van der Waals surface area contributed by atoms with Crippen molar-refractivity contribution in [2.75, 3.05) is 6.54 Å². The number of hydrogen-bond acceptors (Lipinski definition) is 5. The van der Waals surface area contributed by atoms with Crippen LogP contribution in [0.4, 0.5) is 0 Å². The van der Waals surface area contributed by atoms with E-state index in [1.807, 2.05) is 4.90 Å². The van der Waals surface area contributed by atoms with Gasteiger partial charge in [0.1, 0.15) is 5.76 Å². The summed E-state index contributed by atoms with van der Waals surface area (Å²) in [6.45, 7) is 4.87. The Bertz CT molecular complexity index is 721. The van der Waals surface area contributed by atoms with Gasteiger partial charge in [0.15, 0.2) is 5.69 Å². The highest BCUT2D eigenvalue weighted by atomic mass is 16.5. The molecule has 28 heavy (non-hydrogen) atoms. The maximum Gasteiger partial charge on any atom is 0.273 e. The van der Waals surface area contributed by atoms with Crippen molar-refractivity contribution in [3.05, 3.63) is 17.5 Å². The van der Waals surface area contributed by atoms with Gasteiger partial charge in [-0.25, -0.2) is 0 Å². The van der Waals surface area contributed by atoms with Crippen LogP contribution in [0.5, 0.6) is 0 Å². The number of carbonyl (C=O) groups excluding carboxylic acids is 2. The largest absolute Gasteiger partial charge is 0.360 e. The molecular formula is C21H32N4O3. The first kappa shape index (κ1) is 19.4. The first-order valence-electron chi connectivity index (χ1n) is 10.8. The molecular weight excluding hydrogens is 356 g/mol. The van der Waals surface area contributed by atoms with Gasteiger partial charge in [0.05, 0.1) is 0 Å². The van der Waals surface area contributed by atoms with E-state index in [0.29, 0.717) is 18.2 Å². The van der Waals surface area contributed by atoms with Crippen LogP contribution in [0.1, 0.15) is 81.0 Å². The van der Waals surface area contributed by atoms with Crippen LogP contribution in [-0.4, -0.2) is 46.5 Å². The predicted molar refractivity (Wildman–Crippen MR) is 105 cm³/mol. The summed E-state index contributed by atoms with van der Waals surface area (Å²) < 4.78 is 5.30. The average Bonchev–Trinajstić information content (AvgIpc) is 3.41. The minimum absolute atomic E-state index is 0.0346. The van der Waals surface area contributed by atoms with E-state index in [1.54, 1.807) is 6.07 Å². The van der Waals surface area contributed by atoms with Gasteiger partial charge < -0.3 is 20.5 Å². The van der Waals surface area contributed by atoms with Crippen molar-refractivity contribution in [2.45, 2.75) is 82.8 Å². The molecule has 3 N–H and O–H groups in total. The van der Waals surface area contributed by atoms with Crippen LogP contribution in [0.2, 0.25) is 0 Å². The Morgan fingerprint density at radius 2 is 1.89 bits per heavy atom. The summed E-state index contributed by atoms with van der Waals surface area (Å²) in [6, 6.07) is 2.17. The molecule has 0 unspecified atom stereocenters. The van der Waals surface area contributed by atoms with Gasteiger partial charge in [-0.3, -0.25) is 9.59 Å². The fourth-order valence-electron chi connectivity index (χ4n) is 4.65. The Morgan fingerprint density at radius 1 is 1.18 bits per heavy atom. The van der Waals surface area contributed by atoms with E-state index in [-0.39, 0.29) is 41.8 Å². The molecule has 7 nitrogen and oxygen atoms in total. The molecule has 2 saturated carbocycles.